The zero-order valence-corrected chi connectivity index (χ0v) is 10.1. The Bertz CT molecular complexity index is 422. The SMILES string of the molecule is CC(CCOc1[c]cccc1)c1ccccc1. The highest BCUT2D eigenvalue weighted by Crippen LogP contribution is 2.19. The quantitative estimate of drug-likeness (QED) is 0.745. The third-order valence-corrected chi connectivity index (χ3v) is 2.86. The molecule has 2 aromatic carbocycles. The Kier molecular flexibility index (Phi) is 4.20. The molecule has 1 heteroatoms. The Morgan fingerprint density at radius 2 is 1.82 bits per heavy atom. The fourth-order valence-electron chi connectivity index (χ4n) is 1.76. The van der Waals surface area contributed by atoms with Crippen LogP contribution in [-0.2, 0) is 0 Å². The van der Waals surface area contributed by atoms with Crippen LogP contribution >= 0.6 is 0 Å². The molecule has 0 amide bonds. The van der Waals surface area contributed by atoms with Crippen molar-refractivity contribution in [1.82, 2.24) is 0 Å². The molecule has 0 spiro atoms. The van der Waals surface area contributed by atoms with Gasteiger partial charge >= 0.3 is 0 Å². The second-order valence-corrected chi connectivity index (χ2v) is 4.18. The zero-order chi connectivity index (χ0) is 11.9. The number of rotatable bonds is 5. The van der Waals surface area contributed by atoms with Gasteiger partial charge in [0.05, 0.1) is 6.61 Å². The van der Waals surface area contributed by atoms with E-state index in [-0.39, 0.29) is 0 Å². The molecule has 87 valence electrons. The van der Waals surface area contributed by atoms with E-state index in [1.165, 1.54) is 5.56 Å². The molecule has 0 aliphatic rings. The highest BCUT2D eigenvalue weighted by molar-refractivity contribution is 5.20. The molecular formula is C16H17O. The van der Waals surface area contributed by atoms with Gasteiger partial charge in [-0.1, -0.05) is 55.5 Å². The Labute approximate surface area is 103 Å². The maximum Gasteiger partial charge on any atom is 0.127 e. The molecule has 2 aromatic rings. The summed E-state index contributed by atoms with van der Waals surface area (Å²) in [5.41, 5.74) is 1.37. The highest BCUT2D eigenvalue weighted by Gasteiger charge is 2.04. The van der Waals surface area contributed by atoms with Crippen LogP contribution in [0.2, 0.25) is 0 Å². The van der Waals surface area contributed by atoms with E-state index in [0.29, 0.717) is 5.92 Å². The Balaban J connectivity index is 1.79. The lowest BCUT2D eigenvalue weighted by Crippen LogP contribution is -2.03. The molecule has 1 atom stereocenters. The van der Waals surface area contributed by atoms with Crippen LogP contribution in [0, 0.1) is 6.07 Å². The molecule has 1 radical (unpaired) electrons. The molecule has 2 rings (SSSR count). The lowest BCUT2D eigenvalue weighted by molar-refractivity contribution is 0.300. The monoisotopic (exact) mass is 225 g/mol. The van der Waals surface area contributed by atoms with E-state index in [2.05, 4.69) is 37.3 Å². The van der Waals surface area contributed by atoms with Crippen molar-refractivity contribution in [3.05, 3.63) is 66.2 Å². The average Bonchev–Trinajstić information content (AvgIpc) is 2.41. The summed E-state index contributed by atoms with van der Waals surface area (Å²) in [6.07, 6.45) is 1.02. The van der Waals surface area contributed by atoms with Gasteiger partial charge in [0.2, 0.25) is 0 Å². The molecule has 0 aliphatic carbocycles. The fraction of sp³-hybridized carbons (Fsp3) is 0.250. The van der Waals surface area contributed by atoms with Gasteiger partial charge in [0, 0.05) is 6.07 Å². The molecule has 0 bridgehead atoms. The van der Waals surface area contributed by atoms with Crippen molar-refractivity contribution in [3.63, 3.8) is 0 Å². The number of hydrogen-bond acceptors (Lipinski definition) is 1. The second kappa shape index (κ2) is 6.09. The van der Waals surface area contributed by atoms with Gasteiger partial charge in [-0.15, -0.1) is 0 Å². The molecule has 0 saturated carbocycles. The predicted molar refractivity (Wildman–Crippen MR) is 70.2 cm³/mol. The smallest absolute Gasteiger partial charge is 0.127 e. The van der Waals surface area contributed by atoms with E-state index in [4.69, 9.17) is 4.74 Å². The summed E-state index contributed by atoms with van der Waals surface area (Å²) in [5, 5.41) is 0. The number of ether oxygens (including phenoxy) is 1. The minimum atomic E-state index is 0.528. The largest absolute Gasteiger partial charge is 0.493 e. The van der Waals surface area contributed by atoms with Crippen molar-refractivity contribution in [1.29, 1.82) is 0 Å². The van der Waals surface area contributed by atoms with Crippen LogP contribution in [0.5, 0.6) is 5.75 Å². The molecule has 1 unspecified atom stereocenters. The number of benzene rings is 2. The molecule has 0 fully saturated rings. The fourth-order valence-corrected chi connectivity index (χ4v) is 1.76. The summed E-state index contributed by atoms with van der Waals surface area (Å²) in [6, 6.07) is 21.3. The predicted octanol–water partition coefficient (Wildman–Crippen LogP) is 4.06. The molecule has 0 saturated heterocycles. The van der Waals surface area contributed by atoms with Crippen LogP contribution in [0.15, 0.2) is 54.6 Å². The topological polar surface area (TPSA) is 9.23 Å². The van der Waals surface area contributed by atoms with Crippen LogP contribution in [0.25, 0.3) is 0 Å². The third kappa shape index (κ3) is 3.63. The number of hydrogen-bond donors (Lipinski definition) is 0. The van der Waals surface area contributed by atoms with Gasteiger partial charge in [-0.2, -0.15) is 0 Å². The first-order chi connectivity index (χ1) is 8.36. The molecule has 0 N–H and O–H groups in total. The van der Waals surface area contributed by atoms with Gasteiger partial charge in [-0.25, -0.2) is 0 Å². The van der Waals surface area contributed by atoms with Gasteiger partial charge in [0.1, 0.15) is 5.75 Å². The van der Waals surface area contributed by atoms with E-state index in [1.807, 2.05) is 30.3 Å². The Hall–Kier alpha value is -1.76. The van der Waals surface area contributed by atoms with Crippen LogP contribution in [0.4, 0.5) is 0 Å². The van der Waals surface area contributed by atoms with Gasteiger partial charge in [0.15, 0.2) is 0 Å². The minimum Gasteiger partial charge on any atom is -0.493 e. The standard InChI is InChI=1S/C16H17O/c1-14(15-8-4-2-5-9-15)12-13-17-16-10-6-3-7-11-16/h2-10,14H,12-13H2,1H3. The maximum atomic E-state index is 5.64. The van der Waals surface area contributed by atoms with Gasteiger partial charge in [-0.3, -0.25) is 0 Å². The average molecular weight is 225 g/mol. The Morgan fingerprint density at radius 3 is 2.53 bits per heavy atom. The second-order valence-electron chi connectivity index (χ2n) is 4.18. The summed E-state index contributed by atoms with van der Waals surface area (Å²) < 4.78 is 5.64. The van der Waals surface area contributed by atoms with Gasteiger partial charge < -0.3 is 4.74 Å². The van der Waals surface area contributed by atoms with Crippen LogP contribution in [0.3, 0.4) is 0 Å². The van der Waals surface area contributed by atoms with E-state index in [9.17, 15) is 0 Å². The summed E-state index contributed by atoms with van der Waals surface area (Å²) in [7, 11) is 0. The summed E-state index contributed by atoms with van der Waals surface area (Å²) in [5.74, 6) is 1.35. The van der Waals surface area contributed by atoms with E-state index in [0.717, 1.165) is 18.8 Å². The maximum absolute atomic E-state index is 5.64. The summed E-state index contributed by atoms with van der Waals surface area (Å²) >= 11 is 0. The molecule has 0 heterocycles. The minimum absolute atomic E-state index is 0.528. The molecule has 17 heavy (non-hydrogen) atoms. The first-order valence-corrected chi connectivity index (χ1v) is 6.01. The molecular weight excluding hydrogens is 208 g/mol. The first kappa shape index (κ1) is 11.7. The van der Waals surface area contributed by atoms with Crippen molar-refractivity contribution in [2.45, 2.75) is 19.3 Å². The van der Waals surface area contributed by atoms with Gasteiger partial charge in [0.25, 0.3) is 0 Å². The van der Waals surface area contributed by atoms with Crippen LogP contribution in [0.1, 0.15) is 24.8 Å². The van der Waals surface area contributed by atoms with Crippen molar-refractivity contribution >= 4 is 0 Å². The Morgan fingerprint density at radius 1 is 1.06 bits per heavy atom. The molecule has 0 aromatic heterocycles. The summed E-state index contributed by atoms with van der Waals surface area (Å²) in [6.45, 7) is 2.96. The van der Waals surface area contributed by atoms with Crippen molar-refractivity contribution in [2.75, 3.05) is 6.61 Å². The summed E-state index contributed by atoms with van der Waals surface area (Å²) in [4.78, 5) is 0. The normalized spacial score (nSPS) is 12.1. The first-order valence-electron chi connectivity index (χ1n) is 6.01. The molecule has 0 aliphatic heterocycles. The zero-order valence-electron chi connectivity index (χ0n) is 10.1. The van der Waals surface area contributed by atoms with Crippen molar-refractivity contribution in [3.8, 4) is 5.75 Å². The lowest BCUT2D eigenvalue weighted by atomic mass is 9.98. The van der Waals surface area contributed by atoms with Crippen molar-refractivity contribution in [2.24, 2.45) is 0 Å². The number of para-hydroxylation sites is 1. The molecule has 1 nitrogen and oxygen atoms in total. The van der Waals surface area contributed by atoms with Crippen LogP contribution in [-0.4, -0.2) is 6.61 Å². The van der Waals surface area contributed by atoms with Gasteiger partial charge in [-0.05, 0) is 24.0 Å². The van der Waals surface area contributed by atoms with E-state index in [1.54, 1.807) is 0 Å². The lowest BCUT2D eigenvalue weighted by Gasteiger charge is -2.12. The van der Waals surface area contributed by atoms with E-state index < -0.39 is 0 Å². The van der Waals surface area contributed by atoms with Crippen molar-refractivity contribution < 1.29 is 4.74 Å². The third-order valence-electron chi connectivity index (χ3n) is 2.86. The van der Waals surface area contributed by atoms with Crippen LogP contribution < -0.4 is 4.74 Å². The highest BCUT2D eigenvalue weighted by atomic mass is 16.5. The van der Waals surface area contributed by atoms with E-state index >= 15 is 0 Å².